The predicted molar refractivity (Wildman–Crippen MR) is 115 cm³/mol. The molecule has 3 amide bonds. The lowest BCUT2D eigenvalue weighted by Gasteiger charge is -2.40. The van der Waals surface area contributed by atoms with Gasteiger partial charge < -0.3 is 9.64 Å². The Morgan fingerprint density at radius 3 is 2.58 bits per heavy atom. The minimum absolute atomic E-state index is 0.172. The molecule has 0 saturated carbocycles. The molecule has 0 aromatic heterocycles. The molecule has 3 heterocycles. The summed E-state index contributed by atoms with van der Waals surface area (Å²) in [5.74, 6) is -0.547. The van der Waals surface area contributed by atoms with Crippen molar-refractivity contribution in [2.24, 2.45) is 4.99 Å². The number of carbonyl (C=O) groups is 3. The zero-order valence-electron chi connectivity index (χ0n) is 18.0. The largest absolute Gasteiger partial charge is 0.465 e. The first kappa shape index (κ1) is 21.2. The fourth-order valence-electron chi connectivity index (χ4n) is 4.21. The van der Waals surface area contributed by atoms with Gasteiger partial charge in [0.2, 0.25) is 5.96 Å². The molecule has 10 heteroatoms. The number of guanidine groups is 1. The number of likely N-dealkylation sites (N-methyl/N-ethyl adjacent to an activating group) is 1. The summed E-state index contributed by atoms with van der Waals surface area (Å²) in [5, 5.41) is 0.588. The molecular formula is C21H24ClN5O4. The van der Waals surface area contributed by atoms with E-state index in [9.17, 15) is 14.4 Å². The SMILES string of the molecule is CCOC(=O)CN1C(=O)C2C(N=C3N(c4cc(Cl)ccc4C)C(C)=C(C)N32)N(C)C1=O. The third-order valence-corrected chi connectivity index (χ3v) is 6.13. The van der Waals surface area contributed by atoms with Crippen molar-refractivity contribution in [3.8, 4) is 0 Å². The van der Waals surface area contributed by atoms with E-state index in [2.05, 4.69) is 0 Å². The van der Waals surface area contributed by atoms with Crippen LogP contribution in [0.2, 0.25) is 5.02 Å². The fraction of sp³-hybridized carbons (Fsp3) is 0.429. The van der Waals surface area contributed by atoms with E-state index < -0.39 is 36.7 Å². The lowest BCUT2D eigenvalue weighted by Crippen LogP contribution is -2.65. The number of hydrogen-bond donors (Lipinski definition) is 0. The fourth-order valence-corrected chi connectivity index (χ4v) is 4.37. The van der Waals surface area contributed by atoms with Crippen LogP contribution in [-0.2, 0) is 14.3 Å². The van der Waals surface area contributed by atoms with Crippen LogP contribution in [0.4, 0.5) is 10.5 Å². The molecule has 9 nitrogen and oxygen atoms in total. The summed E-state index contributed by atoms with van der Waals surface area (Å²) in [6.07, 6.45) is -0.696. The zero-order valence-corrected chi connectivity index (χ0v) is 18.8. The maximum atomic E-state index is 13.4. The Morgan fingerprint density at radius 1 is 1.19 bits per heavy atom. The number of amides is 3. The average Bonchev–Trinajstić information content (AvgIpc) is 3.22. The lowest BCUT2D eigenvalue weighted by atomic mass is 10.1. The van der Waals surface area contributed by atoms with Gasteiger partial charge in [-0.1, -0.05) is 17.7 Å². The van der Waals surface area contributed by atoms with E-state index in [-0.39, 0.29) is 6.61 Å². The van der Waals surface area contributed by atoms with Gasteiger partial charge in [0.25, 0.3) is 5.91 Å². The van der Waals surface area contributed by atoms with E-state index in [1.807, 2.05) is 48.8 Å². The Kier molecular flexibility index (Phi) is 5.17. The molecule has 31 heavy (non-hydrogen) atoms. The highest BCUT2D eigenvalue weighted by atomic mass is 35.5. The van der Waals surface area contributed by atoms with Crippen LogP contribution in [-0.4, -0.2) is 71.0 Å². The molecule has 0 spiro atoms. The number of carbonyl (C=O) groups excluding carboxylic acids is 3. The van der Waals surface area contributed by atoms with Crippen molar-refractivity contribution in [2.45, 2.75) is 39.9 Å². The summed E-state index contributed by atoms with van der Waals surface area (Å²) in [6.45, 7) is 7.24. The summed E-state index contributed by atoms with van der Waals surface area (Å²) in [7, 11) is 1.58. The van der Waals surface area contributed by atoms with Crippen LogP contribution in [0.3, 0.4) is 0 Å². The summed E-state index contributed by atoms with van der Waals surface area (Å²) in [6, 6.07) is 4.26. The van der Waals surface area contributed by atoms with Crippen LogP contribution < -0.4 is 4.90 Å². The Labute approximate surface area is 185 Å². The number of hydrogen-bond acceptors (Lipinski definition) is 7. The van der Waals surface area contributed by atoms with Gasteiger partial charge in [-0.15, -0.1) is 0 Å². The Hall–Kier alpha value is -3.07. The molecule has 4 rings (SSSR count). The molecule has 3 aliphatic rings. The third-order valence-electron chi connectivity index (χ3n) is 5.90. The molecule has 3 aliphatic heterocycles. The van der Waals surface area contributed by atoms with Crippen molar-refractivity contribution >= 4 is 41.2 Å². The van der Waals surface area contributed by atoms with Crippen LogP contribution in [0.15, 0.2) is 34.6 Å². The summed E-state index contributed by atoms with van der Waals surface area (Å²) >= 11 is 6.25. The van der Waals surface area contributed by atoms with Gasteiger partial charge in [-0.25, -0.2) is 9.79 Å². The second kappa shape index (κ2) is 7.56. The van der Waals surface area contributed by atoms with E-state index in [0.29, 0.717) is 11.0 Å². The van der Waals surface area contributed by atoms with Crippen molar-refractivity contribution in [1.29, 1.82) is 0 Å². The van der Waals surface area contributed by atoms with Gasteiger partial charge in [0.15, 0.2) is 12.2 Å². The van der Waals surface area contributed by atoms with Gasteiger partial charge in [-0.2, -0.15) is 0 Å². The number of benzene rings is 1. The van der Waals surface area contributed by atoms with Gasteiger partial charge in [-0.05, 0) is 45.4 Å². The molecule has 1 saturated heterocycles. The number of nitrogens with zero attached hydrogens (tertiary/aromatic N) is 5. The first-order chi connectivity index (χ1) is 14.7. The maximum Gasteiger partial charge on any atom is 0.328 e. The Balaban J connectivity index is 1.74. The number of halogens is 1. The number of fused-ring (bicyclic) bond motifs is 3. The lowest BCUT2D eigenvalue weighted by molar-refractivity contribution is -0.150. The molecule has 2 atom stereocenters. The van der Waals surface area contributed by atoms with Crippen molar-refractivity contribution in [2.75, 3.05) is 25.1 Å². The number of allylic oxidation sites excluding steroid dienone is 2. The number of ether oxygens (including phenoxy) is 1. The highest BCUT2D eigenvalue weighted by Gasteiger charge is 2.56. The van der Waals surface area contributed by atoms with Gasteiger partial charge in [0.1, 0.15) is 6.54 Å². The minimum Gasteiger partial charge on any atom is -0.465 e. The molecule has 1 aromatic carbocycles. The maximum absolute atomic E-state index is 13.4. The topological polar surface area (TPSA) is 85.8 Å². The molecule has 1 aromatic rings. The van der Waals surface area contributed by atoms with E-state index in [1.54, 1.807) is 14.0 Å². The molecular weight excluding hydrogens is 422 g/mol. The van der Waals surface area contributed by atoms with Gasteiger partial charge in [-0.3, -0.25) is 24.3 Å². The molecule has 164 valence electrons. The molecule has 1 fully saturated rings. The number of esters is 1. The van der Waals surface area contributed by atoms with Crippen LogP contribution in [0.25, 0.3) is 0 Å². The molecule has 0 bridgehead atoms. The van der Waals surface area contributed by atoms with Crippen LogP contribution in [0.5, 0.6) is 0 Å². The zero-order chi connectivity index (χ0) is 22.6. The summed E-state index contributed by atoms with van der Waals surface area (Å²) in [5.41, 5.74) is 3.61. The van der Waals surface area contributed by atoms with Crippen LogP contribution in [0, 0.1) is 6.92 Å². The number of imide groups is 1. The monoisotopic (exact) mass is 445 g/mol. The second-order valence-corrected chi connectivity index (χ2v) is 8.15. The number of anilines is 1. The summed E-state index contributed by atoms with van der Waals surface area (Å²) in [4.78, 5) is 49.1. The first-order valence-corrected chi connectivity index (χ1v) is 10.4. The third kappa shape index (κ3) is 3.15. The average molecular weight is 446 g/mol. The van der Waals surface area contributed by atoms with Crippen molar-refractivity contribution < 1.29 is 19.1 Å². The van der Waals surface area contributed by atoms with Gasteiger partial charge in [0, 0.05) is 23.5 Å². The normalized spacial score (nSPS) is 22.8. The number of rotatable bonds is 4. The van der Waals surface area contributed by atoms with E-state index in [0.717, 1.165) is 27.5 Å². The van der Waals surface area contributed by atoms with E-state index in [4.69, 9.17) is 21.3 Å². The number of urea groups is 1. The standard InChI is InChI=1S/C21H24ClN5O4/c1-6-31-16(28)10-25-19(29)17-18(24(5)21(25)30)23-20-26(12(3)13(4)27(17)20)15-9-14(22)8-7-11(15)2/h7-9,17-18H,6,10H2,1-5H3. The summed E-state index contributed by atoms with van der Waals surface area (Å²) < 4.78 is 4.94. The second-order valence-electron chi connectivity index (χ2n) is 7.72. The van der Waals surface area contributed by atoms with E-state index in [1.165, 1.54) is 4.90 Å². The van der Waals surface area contributed by atoms with Crippen LogP contribution in [0.1, 0.15) is 26.3 Å². The van der Waals surface area contributed by atoms with Crippen molar-refractivity contribution in [3.63, 3.8) is 0 Å². The van der Waals surface area contributed by atoms with Gasteiger partial charge in [0.05, 0.1) is 12.3 Å². The Morgan fingerprint density at radius 2 is 1.90 bits per heavy atom. The van der Waals surface area contributed by atoms with Gasteiger partial charge >= 0.3 is 12.0 Å². The molecule has 0 radical (unpaired) electrons. The van der Waals surface area contributed by atoms with Crippen molar-refractivity contribution in [1.82, 2.24) is 14.7 Å². The Bertz CT molecular complexity index is 1050. The molecule has 2 unspecified atom stereocenters. The quantitative estimate of drug-likeness (QED) is 0.662. The minimum atomic E-state index is -0.758. The molecule has 0 aliphatic carbocycles. The van der Waals surface area contributed by atoms with Crippen LogP contribution >= 0.6 is 11.6 Å². The smallest absolute Gasteiger partial charge is 0.328 e. The number of aryl methyl sites for hydroxylation is 1. The number of aliphatic imine (C=N–C) groups is 1. The highest BCUT2D eigenvalue weighted by Crippen LogP contribution is 2.41. The van der Waals surface area contributed by atoms with E-state index >= 15 is 0 Å². The molecule has 0 N–H and O–H groups in total. The highest BCUT2D eigenvalue weighted by molar-refractivity contribution is 6.31. The first-order valence-electron chi connectivity index (χ1n) is 10.0. The van der Waals surface area contributed by atoms with Crippen molar-refractivity contribution in [3.05, 3.63) is 40.2 Å². The predicted octanol–water partition coefficient (Wildman–Crippen LogP) is 2.54.